The molecule has 0 radical (unpaired) electrons. The highest BCUT2D eigenvalue weighted by Gasteiger charge is 2.29. The van der Waals surface area contributed by atoms with Gasteiger partial charge in [0.1, 0.15) is 12.1 Å². The van der Waals surface area contributed by atoms with Crippen LogP contribution >= 0.6 is 0 Å². The summed E-state index contributed by atoms with van der Waals surface area (Å²) in [4.78, 5) is 0. The third kappa shape index (κ3) is 3.71. The molecule has 1 N–H and O–H groups in total. The summed E-state index contributed by atoms with van der Waals surface area (Å²) >= 11 is 0. The van der Waals surface area contributed by atoms with E-state index in [4.69, 9.17) is 0 Å². The highest BCUT2D eigenvalue weighted by Crippen LogP contribution is 2.23. The Morgan fingerprint density at radius 1 is 1.19 bits per heavy atom. The van der Waals surface area contributed by atoms with E-state index in [2.05, 4.69) is 27.9 Å². The maximum Gasteiger partial charge on any atom is 0.130 e. The third-order valence-corrected chi connectivity index (χ3v) is 3.52. The number of aliphatic hydroxyl groups is 1. The highest BCUT2D eigenvalue weighted by atomic mass is 127. The van der Waals surface area contributed by atoms with Crippen LogP contribution in [0.15, 0.2) is 30.3 Å². The summed E-state index contributed by atoms with van der Waals surface area (Å²) in [5, 5.41) is 10.2. The molecule has 92 valence electrons. The quantitative estimate of drug-likeness (QED) is 0.565. The molecule has 3 heteroatoms. The van der Waals surface area contributed by atoms with E-state index >= 15 is 0 Å². The van der Waals surface area contributed by atoms with Gasteiger partial charge >= 0.3 is 0 Å². The molecule has 0 aliphatic heterocycles. The summed E-state index contributed by atoms with van der Waals surface area (Å²) in [5.74, 6) is 0. The van der Waals surface area contributed by atoms with Gasteiger partial charge in [-0.05, 0) is 19.4 Å². The van der Waals surface area contributed by atoms with Crippen molar-refractivity contribution in [2.75, 3.05) is 20.6 Å². The molecule has 16 heavy (non-hydrogen) atoms. The zero-order chi connectivity index (χ0) is 11.5. The fraction of sp³-hybridized carbons (Fsp3) is 0.538. The van der Waals surface area contributed by atoms with Crippen LogP contribution in [0.4, 0.5) is 0 Å². The number of hydrogen-bond donors (Lipinski definition) is 1. The van der Waals surface area contributed by atoms with Gasteiger partial charge in [-0.3, -0.25) is 0 Å². The zero-order valence-corrected chi connectivity index (χ0v) is 12.7. The number of rotatable bonds is 4. The summed E-state index contributed by atoms with van der Waals surface area (Å²) in [7, 11) is 4.30. The lowest BCUT2D eigenvalue weighted by Gasteiger charge is -2.37. The molecule has 0 aliphatic rings. The van der Waals surface area contributed by atoms with E-state index in [1.165, 1.54) is 0 Å². The predicted octanol–water partition coefficient (Wildman–Crippen LogP) is -0.791. The Balaban J connectivity index is 0.00000225. The summed E-state index contributed by atoms with van der Waals surface area (Å²) in [5.41, 5.74) is 1.00. The highest BCUT2D eigenvalue weighted by molar-refractivity contribution is 5.18. The van der Waals surface area contributed by atoms with Crippen LogP contribution in [0.3, 0.4) is 0 Å². The van der Waals surface area contributed by atoms with Crippen molar-refractivity contribution in [2.24, 2.45) is 0 Å². The molecule has 1 rings (SSSR count). The first-order valence-corrected chi connectivity index (χ1v) is 5.54. The van der Waals surface area contributed by atoms with Gasteiger partial charge in [0.05, 0.1) is 20.6 Å². The number of aliphatic hydroxyl groups excluding tert-OH is 1. The maximum atomic E-state index is 10.2. The summed E-state index contributed by atoms with van der Waals surface area (Å²) in [6.45, 7) is 5.26. The van der Waals surface area contributed by atoms with Gasteiger partial charge in [0.2, 0.25) is 0 Å². The Bertz CT molecular complexity index is 300. The van der Waals surface area contributed by atoms with Gasteiger partial charge in [-0.2, -0.15) is 0 Å². The molecule has 0 bridgehead atoms. The van der Waals surface area contributed by atoms with Crippen LogP contribution in [0.25, 0.3) is 0 Å². The molecule has 0 heterocycles. The molecule has 2 nitrogen and oxygen atoms in total. The lowest BCUT2D eigenvalue weighted by atomic mass is 10.0. The van der Waals surface area contributed by atoms with Crippen LogP contribution in [0, 0.1) is 0 Å². The predicted molar refractivity (Wildman–Crippen MR) is 63.5 cm³/mol. The monoisotopic (exact) mass is 335 g/mol. The van der Waals surface area contributed by atoms with Gasteiger partial charge in [-0.1, -0.05) is 30.3 Å². The lowest BCUT2D eigenvalue weighted by molar-refractivity contribution is -0.915. The second kappa shape index (κ2) is 6.57. The first-order valence-electron chi connectivity index (χ1n) is 5.54. The first-order chi connectivity index (χ1) is 6.99. The molecule has 2 unspecified atom stereocenters. The van der Waals surface area contributed by atoms with Gasteiger partial charge in [0, 0.05) is 0 Å². The molecular weight excluding hydrogens is 313 g/mol. The van der Waals surface area contributed by atoms with E-state index < -0.39 is 0 Å². The van der Waals surface area contributed by atoms with Crippen molar-refractivity contribution in [1.29, 1.82) is 0 Å². The maximum absolute atomic E-state index is 10.2. The molecular formula is C13H22INO. The van der Waals surface area contributed by atoms with E-state index in [-0.39, 0.29) is 36.1 Å². The molecule has 0 aromatic heterocycles. The fourth-order valence-electron chi connectivity index (χ4n) is 1.60. The van der Waals surface area contributed by atoms with Gasteiger partial charge in [0.15, 0.2) is 0 Å². The molecule has 0 fully saturated rings. The van der Waals surface area contributed by atoms with Crippen molar-refractivity contribution in [3.8, 4) is 0 Å². The number of nitrogens with zero attached hydrogens (tertiary/aromatic N) is 1. The summed E-state index contributed by atoms with van der Waals surface area (Å²) in [6.07, 6.45) is -0.388. The molecule has 1 aromatic rings. The molecule has 1 aromatic carbocycles. The van der Waals surface area contributed by atoms with Crippen molar-refractivity contribution < 1.29 is 33.6 Å². The number of benzene rings is 1. The number of hydrogen-bond acceptors (Lipinski definition) is 1. The van der Waals surface area contributed by atoms with Crippen molar-refractivity contribution >= 4 is 0 Å². The van der Waals surface area contributed by atoms with Crippen LogP contribution in [-0.2, 0) is 0 Å². The smallest absolute Gasteiger partial charge is 0.130 e. The number of quaternary nitrogens is 1. The van der Waals surface area contributed by atoms with E-state index in [9.17, 15) is 5.11 Å². The minimum atomic E-state index is -0.388. The van der Waals surface area contributed by atoms with E-state index in [0.717, 1.165) is 16.6 Å². The molecule has 0 saturated carbocycles. The molecule has 2 atom stereocenters. The van der Waals surface area contributed by atoms with Crippen molar-refractivity contribution in [2.45, 2.75) is 26.0 Å². The van der Waals surface area contributed by atoms with Gasteiger partial charge in [0.25, 0.3) is 0 Å². The Morgan fingerprint density at radius 2 is 1.69 bits per heavy atom. The standard InChI is InChI=1S/C13H22NO.HI/c1-5-14(3,4)11(2)13(15)12-9-7-6-8-10-12;/h6-11,13,15H,5H2,1-4H3;1H/q+1;/p-1. The third-order valence-electron chi connectivity index (χ3n) is 3.52. The van der Waals surface area contributed by atoms with Crippen LogP contribution < -0.4 is 24.0 Å². The van der Waals surface area contributed by atoms with Crippen LogP contribution in [0.5, 0.6) is 0 Å². The topological polar surface area (TPSA) is 20.2 Å². The molecule has 0 saturated heterocycles. The lowest BCUT2D eigenvalue weighted by Crippen LogP contribution is -3.00. The number of halogens is 1. The minimum absolute atomic E-state index is 0. The van der Waals surface area contributed by atoms with Gasteiger partial charge in [-0.25, -0.2) is 0 Å². The molecule has 0 spiro atoms. The normalized spacial score (nSPS) is 15.1. The molecule has 0 amide bonds. The largest absolute Gasteiger partial charge is 1.00 e. The average Bonchev–Trinajstić information content (AvgIpc) is 2.28. The minimum Gasteiger partial charge on any atom is -1.00 e. The average molecular weight is 335 g/mol. The summed E-state index contributed by atoms with van der Waals surface area (Å²) < 4.78 is 0.829. The Morgan fingerprint density at radius 3 is 2.12 bits per heavy atom. The number of likely N-dealkylation sites (N-methyl/N-ethyl adjacent to an activating group) is 1. The zero-order valence-electron chi connectivity index (χ0n) is 10.5. The van der Waals surface area contributed by atoms with Gasteiger partial charge in [-0.15, -0.1) is 0 Å². The van der Waals surface area contributed by atoms with Crippen molar-refractivity contribution in [3.05, 3.63) is 35.9 Å². The summed E-state index contributed by atoms with van der Waals surface area (Å²) in [6, 6.07) is 10.1. The fourth-order valence-corrected chi connectivity index (χ4v) is 1.60. The van der Waals surface area contributed by atoms with Crippen LogP contribution in [-0.4, -0.2) is 36.3 Å². The van der Waals surface area contributed by atoms with Gasteiger partial charge < -0.3 is 33.6 Å². The Kier molecular flexibility index (Phi) is 6.51. The van der Waals surface area contributed by atoms with Crippen molar-refractivity contribution in [3.63, 3.8) is 0 Å². The molecule has 0 aliphatic carbocycles. The van der Waals surface area contributed by atoms with E-state index in [0.29, 0.717) is 0 Å². The van der Waals surface area contributed by atoms with E-state index in [1.807, 2.05) is 30.3 Å². The van der Waals surface area contributed by atoms with Crippen molar-refractivity contribution in [1.82, 2.24) is 0 Å². The Labute approximate surface area is 116 Å². The first kappa shape index (κ1) is 15.9. The van der Waals surface area contributed by atoms with Crippen LogP contribution in [0.1, 0.15) is 25.5 Å². The second-order valence-electron chi connectivity index (χ2n) is 4.69. The van der Waals surface area contributed by atoms with E-state index in [1.54, 1.807) is 0 Å². The Hall–Kier alpha value is -0.130. The van der Waals surface area contributed by atoms with Crippen LogP contribution in [0.2, 0.25) is 0 Å². The SMILES string of the molecule is CC[N+](C)(C)C(C)C(O)c1ccccc1.[I-]. The second-order valence-corrected chi connectivity index (χ2v) is 4.69.